The Bertz CT molecular complexity index is 996. The zero-order valence-corrected chi connectivity index (χ0v) is 19.3. The summed E-state index contributed by atoms with van der Waals surface area (Å²) in [6.07, 6.45) is 2.08. The fourth-order valence-corrected chi connectivity index (χ4v) is 4.57. The third-order valence-electron chi connectivity index (χ3n) is 5.62. The van der Waals surface area contributed by atoms with Gasteiger partial charge in [0.25, 0.3) is 0 Å². The molecule has 0 amide bonds. The van der Waals surface area contributed by atoms with Gasteiger partial charge in [-0.05, 0) is 67.9 Å². The number of carboxylic acids is 1. The van der Waals surface area contributed by atoms with Gasteiger partial charge in [-0.15, -0.1) is 0 Å². The summed E-state index contributed by atoms with van der Waals surface area (Å²) in [4.78, 5) is 11.8. The van der Waals surface area contributed by atoms with Crippen LogP contribution in [0.4, 0.5) is 0 Å². The van der Waals surface area contributed by atoms with E-state index in [1.807, 2.05) is 37.3 Å². The SMILES string of the molecule is CCC(C)Cc1ccccc1S(=O)(=O)NCc1cc(CC(C)(C)C(=O)O)ccc1C. The van der Waals surface area contributed by atoms with E-state index in [1.54, 1.807) is 26.0 Å². The molecule has 1 atom stereocenters. The summed E-state index contributed by atoms with van der Waals surface area (Å²) >= 11 is 0. The number of nitrogens with one attached hydrogen (secondary N) is 1. The lowest BCUT2D eigenvalue weighted by Crippen LogP contribution is -2.27. The first kappa shape index (κ1) is 24.1. The summed E-state index contributed by atoms with van der Waals surface area (Å²) in [7, 11) is -3.67. The molecule has 164 valence electrons. The van der Waals surface area contributed by atoms with Crippen LogP contribution in [0.2, 0.25) is 0 Å². The highest BCUT2D eigenvalue weighted by molar-refractivity contribution is 7.89. The molecule has 0 aliphatic rings. The highest BCUT2D eigenvalue weighted by atomic mass is 32.2. The molecular weight excluding hydrogens is 398 g/mol. The molecule has 2 rings (SSSR count). The highest BCUT2D eigenvalue weighted by Gasteiger charge is 2.27. The Morgan fingerprint density at radius 2 is 1.80 bits per heavy atom. The smallest absolute Gasteiger partial charge is 0.309 e. The van der Waals surface area contributed by atoms with Crippen LogP contribution in [-0.4, -0.2) is 19.5 Å². The van der Waals surface area contributed by atoms with Crippen LogP contribution in [0.25, 0.3) is 0 Å². The molecule has 2 aromatic rings. The van der Waals surface area contributed by atoms with E-state index < -0.39 is 21.4 Å². The largest absolute Gasteiger partial charge is 0.481 e. The number of carbonyl (C=O) groups is 1. The Hall–Kier alpha value is -2.18. The maximum atomic E-state index is 13.0. The Balaban J connectivity index is 2.23. The normalized spacial score (nSPS) is 13.2. The van der Waals surface area contributed by atoms with Crippen LogP contribution < -0.4 is 4.72 Å². The van der Waals surface area contributed by atoms with Gasteiger partial charge in [0.2, 0.25) is 10.0 Å². The molecule has 0 fully saturated rings. The van der Waals surface area contributed by atoms with Crippen molar-refractivity contribution in [1.82, 2.24) is 4.72 Å². The van der Waals surface area contributed by atoms with E-state index in [4.69, 9.17) is 0 Å². The number of aryl methyl sites for hydroxylation is 1. The molecule has 0 spiro atoms. The molecule has 30 heavy (non-hydrogen) atoms. The second-order valence-corrected chi connectivity index (χ2v) is 10.5. The summed E-state index contributed by atoms with van der Waals surface area (Å²) in [5, 5.41) is 9.38. The van der Waals surface area contributed by atoms with Gasteiger partial charge in [-0.1, -0.05) is 56.7 Å². The quantitative estimate of drug-likeness (QED) is 0.570. The molecule has 0 radical (unpaired) electrons. The zero-order chi connectivity index (χ0) is 22.5. The first-order chi connectivity index (χ1) is 14.0. The first-order valence-electron chi connectivity index (χ1n) is 10.4. The molecule has 6 heteroatoms. The van der Waals surface area contributed by atoms with Crippen LogP contribution in [0.15, 0.2) is 47.4 Å². The van der Waals surface area contributed by atoms with Crippen LogP contribution >= 0.6 is 0 Å². The molecule has 0 heterocycles. The van der Waals surface area contributed by atoms with Gasteiger partial charge in [-0.3, -0.25) is 4.79 Å². The summed E-state index contributed by atoms with van der Waals surface area (Å²) < 4.78 is 28.8. The predicted molar refractivity (Wildman–Crippen MR) is 120 cm³/mol. The van der Waals surface area contributed by atoms with Crippen LogP contribution in [0.1, 0.15) is 56.4 Å². The van der Waals surface area contributed by atoms with Crippen molar-refractivity contribution >= 4 is 16.0 Å². The van der Waals surface area contributed by atoms with E-state index in [9.17, 15) is 18.3 Å². The third-order valence-corrected chi connectivity index (χ3v) is 7.12. The molecule has 0 saturated carbocycles. The summed E-state index contributed by atoms with van der Waals surface area (Å²) in [6, 6.07) is 12.9. The number of aliphatic carboxylic acids is 1. The average molecular weight is 432 g/mol. The molecule has 0 bridgehead atoms. The predicted octanol–water partition coefficient (Wildman–Crippen LogP) is 4.72. The molecule has 0 aromatic heterocycles. The monoisotopic (exact) mass is 431 g/mol. The van der Waals surface area contributed by atoms with E-state index in [2.05, 4.69) is 18.6 Å². The zero-order valence-electron chi connectivity index (χ0n) is 18.5. The standard InChI is InChI=1S/C24H33NO4S/c1-6-17(2)13-20-9-7-8-10-22(20)30(28,29)25-16-21-14-19(12-11-18(21)3)15-24(4,5)23(26)27/h7-12,14,17,25H,6,13,15-16H2,1-5H3,(H,26,27). The Morgan fingerprint density at radius 3 is 2.43 bits per heavy atom. The minimum atomic E-state index is -3.67. The summed E-state index contributed by atoms with van der Waals surface area (Å²) in [6.45, 7) is 9.67. The van der Waals surface area contributed by atoms with Gasteiger partial charge in [-0.25, -0.2) is 13.1 Å². The van der Waals surface area contributed by atoms with Gasteiger partial charge >= 0.3 is 5.97 Å². The summed E-state index contributed by atoms with van der Waals surface area (Å²) in [5.74, 6) is -0.457. The molecule has 0 aliphatic heterocycles. The van der Waals surface area contributed by atoms with Crippen LogP contribution in [0.3, 0.4) is 0 Å². The topological polar surface area (TPSA) is 83.5 Å². The maximum absolute atomic E-state index is 13.0. The van der Waals surface area contributed by atoms with Crippen molar-refractivity contribution in [2.24, 2.45) is 11.3 Å². The minimum absolute atomic E-state index is 0.160. The molecule has 2 N–H and O–H groups in total. The molecule has 0 saturated heterocycles. The number of hydrogen-bond acceptors (Lipinski definition) is 3. The lowest BCUT2D eigenvalue weighted by molar-refractivity contribution is -0.146. The Labute approximate surface area is 180 Å². The van der Waals surface area contributed by atoms with Crippen LogP contribution in [0.5, 0.6) is 0 Å². The Morgan fingerprint density at radius 1 is 1.13 bits per heavy atom. The van der Waals surface area contributed by atoms with Crippen molar-refractivity contribution in [3.8, 4) is 0 Å². The number of hydrogen-bond donors (Lipinski definition) is 2. The van der Waals surface area contributed by atoms with Crippen molar-refractivity contribution in [3.05, 3.63) is 64.7 Å². The van der Waals surface area contributed by atoms with E-state index >= 15 is 0 Å². The minimum Gasteiger partial charge on any atom is -0.481 e. The van der Waals surface area contributed by atoms with Gasteiger partial charge in [0, 0.05) is 6.54 Å². The molecule has 2 aromatic carbocycles. The van der Waals surface area contributed by atoms with E-state index in [-0.39, 0.29) is 6.54 Å². The lowest BCUT2D eigenvalue weighted by Gasteiger charge is -2.20. The van der Waals surface area contributed by atoms with E-state index in [1.165, 1.54) is 0 Å². The number of benzene rings is 2. The first-order valence-corrected chi connectivity index (χ1v) is 11.8. The number of sulfonamides is 1. The van der Waals surface area contributed by atoms with Crippen molar-refractivity contribution in [2.45, 2.75) is 65.3 Å². The van der Waals surface area contributed by atoms with Crippen molar-refractivity contribution in [1.29, 1.82) is 0 Å². The van der Waals surface area contributed by atoms with E-state index in [0.717, 1.165) is 28.7 Å². The molecule has 1 unspecified atom stereocenters. The second-order valence-electron chi connectivity index (χ2n) is 8.78. The van der Waals surface area contributed by atoms with Crippen molar-refractivity contribution < 1.29 is 18.3 Å². The fraction of sp³-hybridized carbons (Fsp3) is 0.458. The van der Waals surface area contributed by atoms with Crippen LogP contribution in [0, 0.1) is 18.3 Å². The second kappa shape index (κ2) is 9.75. The maximum Gasteiger partial charge on any atom is 0.309 e. The lowest BCUT2D eigenvalue weighted by atomic mass is 9.85. The molecule has 0 aliphatic carbocycles. The average Bonchev–Trinajstić information content (AvgIpc) is 2.68. The van der Waals surface area contributed by atoms with Gasteiger partial charge in [-0.2, -0.15) is 0 Å². The molecular formula is C24H33NO4S. The van der Waals surface area contributed by atoms with Crippen molar-refractivity contribution in [2.75, 3.05) is 0 Å². The molecule has 5 nitrogen and oxygen atoms in total. The van der Waals surface area contributed by atoms with E-state index in [0.29, 0.717) is 23.7 Å². The number of carboxylic acid groups (broad SMARTS) is 1. The van der Waals surface area contributed by atoms with Gasteiger partial charge in [0.1, 0.15) is 0 Å². The van der Waals surface area contributed by atoms with Crippen LogP contribution in [-0.2, 0) is 34.2 Å². The summed E-state index contributed by atoms with van der Waals surface area (Å²) in [5.41, 5.74) is 2.62. The van der Waals surface area contributed by atoms with Gasteiger partial charge in [0.15, 0.2) is 0 Å². The number of rotatable bonds is 10. The van der Waals surface area contributed by atoms with Crippen molar-refractivity contribution in [3.63, 3.8) is 0 Å². The Kier molecular flexibility index (Phi) is 7.83. The van der Waals surface area contributed by atoms with Gasteiger partial charge < -0.3 is 5.11 Å². The highest BCUT2D eigenvalue weighted by Crippen LogP contribution is 2.24. The van der Waals surface area contributed by atoms with Gasteiger partial charge in [0.05, 0.1) is 10.3 Å². The fourth-order valence-electron chi connectivity index (χ4n) is 3.32. The third kappa shape index (κ3) is 6.16.